The number of nitrogens with zero attached hydrogens (tertiary/aromatic N) is 3. The summed E-state index contributed by atoms with van der Waals surface area (Å²) in [4.78, 5) is 11.3. The van der Waals surface area contributed by atoms with Crippen LogP contribution in [-0.4, -0.2) is 20.8 Å². The molecule has 0 saturated heterocycles. The molecule has 72 valence electrons. The predicted molar refractivity (Wildman–Crippen MR) is 49.2 cm³/mol. The first-order valence-corrected chi connectivity index (χ1v) is 4.55. The van der Waals surface area contributed by atoms with Gasteiger partial charge in [-0.25, -0.2) is 4.68 Å². The Labute approximate surface area is 77.9 Å². The van der Waals surface area contributed by atoms with Crippen molar-refractivity contribution in [2.75, 3.05) is 0 Å². The molecule has 0 N–H and O–H groups in total. The van der Waals surface area contributed by atoms with E-state index in [2.05, 4.69) is 10.3 Å². The Morgan fingerprint density at radius 3 is 2.77 bits per heavy atom. The molecule has 1 aromatic heterocycles. The van der Waals surface area contributed by atoms with Crippen LogP contribution >= 0.6 is 0 Å². The molecule has 0 fully saturated rings. The van der Waals surface area contributed by atoms with E-state index in [4.69, 9.17) is 0 Å². The molecule has 0 saturated carbocycles. The Kier molecular flexibility index (Phi) is 3.17. The Morgan fingerprint density at radius 2 is 2.31 bits per heavy atom. The SMILES string of the molecule is CCc1cn(CC(=O)C(C)C)nn1. The van der Waals surface area contributed by atoms with Gasteiger partial charge in [0, 0.05) is 12.1 Å². The standard InChI is InChI=1S/C9H15N3O/c1-4-8-5-12(11-10-8)6-9(13)7(2)3/h5,7H,4,6H2,1-3H3. The third kappa shape index (κ3) is 2.65. The minimum Gasteiger partial charge on any atom is -0.297 e. The molecule has 0 aromatic carbocycles. The number of rotatable bonds is 4. The van der Waals surface area contributed by atoms with Crippen molar-refractivity contribution in [2.24, 2.45) is 5.92 Å². The van der Waals surface area contributed by atoms with Gasteiger partial charge in [0.2, 0.25) is 0 Å². The van der Waals surface area contributed by atoms with Crippen molar-refractivity contribution < 1.29 is 4.79 Å². The second kappa shape index (κ2) is 4.16. The molecule has 1 heterocycles. The van der Waals surface area contributed by atoms with Crippen LogP contribution < -0.4 is 0 Å². The van der Waals surface area contributed by atoms with Crippen LogP contribution in [-0.2, 0) is 17.8 Å². The molecular formula is C9H15N3O. The van der Waals surface area contributed by atoms with Gasteiger partial charge in [-0.05, 0) is 6.42 Å². The number of hydrogen-bond donors (Lipinski definition) is 0. The maximum atomic E-state index is 11.3. The van der Waals surface area contributed by atoms with Crippen molar-refractivity contribution >= 4 is 5.78 Å². The molecule has 0 aliphatic carbocycles. The van der Waals surface area contributed by atoms with Crippen molar-refractivity contribution in [3.05, 3.63) is 11.9 Å². The molecule has 1 rings (SSSR count). The lowest BCUT2D eigenvalue weighted by atomic mass is 10.1. The molecule has 1 aromatic rings. The second-order valence-corrected chi connectivity index (χ2v) is 3.38. The fraction of sp³-hybridized carbons (Fsp3) is 0.667. The summed E-state index contributed by atoms with van der Waals surface area (Å²) in [5.74, 6) is 0.252. The predicted octanol–water partition coefficient (Wildman–Crippen LogP) is 1.07. The van der Waals surface area contributed by atoms with Gasteiger partial charge in [0.1, 0.15) is 6.54 Å². The lowest BCUT2D eigenvalue weighted by Gasteiger charge is -2.02. The summed E-state index contributed by atoms with van der Waals surface area (Å²) < 4.78 is 1.60. The normalized spacial score (nSPS) is 10.8. The number of carbonyl (C=O) groups is 1. The number of hydrogen-bond acceptors (Lipinski definition) is 3. The smallest absolute Gasteiger partial charge is 0.156 e. The highest BCUT2D eigenvalue weighted by atomic mass is 16.1. The Balaban J connectivity index is 2.59. The lowest BCUT2D eigenvalue weighted by Crippen LogP contribution is -2.15. The van der Waals surface area contributed by atoms with Gasteiger partial charge in [-0.15, -0.1) is 5.10 Å². The van der Waals surface area contributed by atoms with Crippen LogP contribution in [0.1, 0.15) is 26.5 Å². The van der Waals surface area contributed by atoms with Gasteiger partial charge in [-0.1, -0.05) is 26.0 Å². The monoisotopic (exact) mass is 181 g/mol. The fourth-order valence-electron chi connectivity index (χ4n) is 0.920. The minimum absolute atomic E-state index is 0.0641. The third-order valence-electron chi connectivity index (χ3n) is 1.91. The van der Waals surface area contributed by atoms with Gasteiger partial charge in [0.05, 0.1) is 5.69 Å². The molecule has 0 unspecified atom stereocenters. The molecule has 13 heavy (non-hydrogen) atoms. The van der Waals surface area contributed by atoms with Crippen LogP contribution in [0.5, 0.6) is 0 Å². The Hall–Kier alpha value is -1.19. The molecule has 0 aliphatic rings. The third-order valence-corrected chi connectivity index (χ3v) is 1.91. The van der Waals surface area contributed by atoms with Gasteiger partial charge in [-0.2, -0.15) is 0 Å². The summed E-state index contributed by atoms with van der Waals surface area (Å²) in [6.07, 6.45) is 2.68. The first kappa shape index (κ1) is 9.89. The van der Waals surface area contributed by atoms with Gasteiger partial charge in [-0.3, -0.25) is 4.79 Å². The largest absolute Gasteiger partial charge is 0.297 e. The first-order valence-electron chi connectivity index (χ1n) is 4.55. The first-order chi connectivity index (χ1) is 6.13. The molecule has 0 atom stereocenters. The average Bonchev–Trinajstić information content (AvgIpc) is 2.52. The van der Waals surface area contributed by atoms with Gasteiger partial charge < -0.3 is 0 Å². The van der Waals surface area contributed by atoms with E-state index in [9.17, 15) is 4.79 Å². The zero-order chi connectivity index (χ0) is 9.84. The Bertz CT molecular complexity index is 291. The van der Waals surface area contributed by atoms with Gasteiger partial charge >= 0.3 is 0 Å². The number of carbonyl (C=O) groups excluding carboxylic acids is 1. The topological polar surface area (TPSA) is 47.8 Å². The Morgan fingerprint density at radius 1 is 1.62 bits per heavy atom. The highest BCUT2D eigenvalue weighted by Gasteiger charge is 2.08. The summed E-state index contributed by atoms with van der Waals surface area (Å²) in [7, 11) is 0. The van der Waals surface area contributed by atoms with E-state index >= 15 is 0 Å². The molecule has 4 nitrogen and oxygen atoms in total. The number of aromatic nitrogens is 3. The molecule has 4 heteroatoms. The number of ketones is 1. The minimum atomic E-state index is 0.0641. The van der Waals surface area contributed by atoms with E-state index in [1.165, 1.54) is 0 Å². The van der Waals surface area contributed by atoms with E-state index in [0.717, 1.165) is 12.1 Å². The van der Waals surface area contributed by atoms with Crippen molar-refractivity contribution in [3.8, 4) is 0 Å². The van der Waals surface area contributed by atoms with E-state index in [1.54, 1.807) is 4.68 Å². The van der Waals surface area contributed by atoms with Crippen LogP contribution in [0.4, 0.5) is 0 Å². The summed E-state index contributed by atoms with van der Waals surface area (Å²) >= 11 is 0. The fourth-order valence-corrected chi connectivity index (χ4v) is 0.920. The quantitative estimate of drug-likeness (QED) is 0.698. The number of aryl methyl sites for hydroxylation is 1. The molecule has 0 spiro atoms. The van der Waals surface area contributed by atoms with Crippen molar-refractivity contribution in [2.45, 2.75) is 33.7 Å². The van der Waals surface area contributed by atoms with Crippen LogP contribution in [0.25, 0.3) is 0 Å². The molecule has 0 bridgehead atoms. The van der Waals surface area contributed by atoms with Crippen LogP contribution in [0.15, 0.2) is 6.20 Å². The second-order valence-electron chi connectivity index (χ2n) is 3.38. The van der Waals surface area contributed by atoms with E-state index in [0.29, 0.717) is 6.54 Å². The van der Waals surface area contributed by atoms with Crippen LogP contribution in [0.3, 0.4) is 0 Å². The summed E-state index contributed by atoms with van der Waals surface area (Å²) in [5.41, 5.74) is 0.927. The van der Waals surface area contributed by atoms with E-state index in [-0.39, 0.29) is 11.7 Å². The maximum absolute atomic E-state index is 11.3. The van der Waals surface area contributed by atoms with Gasteiger partial charge in [0.15, 0.2) is 5.78 Å². The van der Waals surface area contributed by atoms with E-state index in [1.807, 2.05) is 27.0 Å². The average molecular weight is 181 g/mol. The molecule has 0 amide bonds. The van der Waals surface area contributed by atoms with Crippen molar-refractivity contribution in [1.82, 2.24) is 15.0 Å². The number of Topliss-reactive ketones (excluding diaryl/α,β-unsaturated/α-hetero) is 1. The molecule has 0 radical (unpaired) electrons. The van der Waals surface area contributed by atoms with Crippen LogP contribution in [0.2, 0.25) is 0 Å². The molecular weight excluding hydrogens is 166 g/mol. The van der Waals surface area contributed by atoms with Crippen molar-refractivity contribution in [3.63, 3.8) is 0 Å². The van der Waals surface area contributed by atoms with Crippen LogP contribution in [0, 0.1) is 5.92 Å². The summed E-state index contributed by atoms with van der Waals surface area (Å²) in [5, 5.41) is 7.76. The lowest BCUT2D eigenvalue weighted by molar-refractivity contribution is -0.122. The zero-order valence-electron chi connectivity index (χ0n) is 8.32. The summed E-state index contributed by atoms with van der Waals surface area (Å²) in [6.45, 7) is 6.13. The highest BCUT2D eigenvalue weighted by Crippen LogP contribution is 1.99. The van der Waals surface area contributed by atoms with E-state index < -0.39 is 0 Å². The maximum Gasteiger partial charge on any atom is 0.156 e. The van der Waals surface area contributed by atoms with Crippen molar-refractivity contribution in [1.29, 1.82) is 0 Å². The van der Waals surface area contributed by atoms with Gasteiger partial charge in [0.25, 0.3) is 0 Å². The highest BCUT2D eigenvalue weighted by molar-refractivity contribution is 5.79. The summed E-state index contributed by atoms with van der Waals surface area (Å²) in [6, 6.07) is 0. The zero-order valence-corrected chi connectivity index (χ0v) is 8.32. The molecule has 0 aliphatic heterocycles.